The lowest BCUT2D eigenvalue weighted by Gasteiger charge is -2.05. The minimum absolute atomic E-state index is 0.232. The Labute approximate surface area is 178 Å². The van der Waals surface area contributed by atoms with Crippen LogP contribution >= 0.6 is 34.4 Å². The number of rotatable bonds is 7. The largest absolute Gasteiger partial charge is 0.497 e. The average Bonchev–Trinajstić information content (AvgIpc) is 3.47. The second kappa shape index (κ2) is 8.72. The number of methoxy groups -OCH3 is 1. The number of nitrogens with zero attached hydrogens (tertiary/aromatic N) is 5. The summed E-state index contributed by atoms with van der Waals surface area (Å²) in [4.78, 5) is 13.9. The first-order valence-corrected chi connectivity index (χ1v) is 11.2. The van der Waals surface area contributed by atoms with Gasteiger partial charge in [0.25, 0.3) is 5.91 Å². The molecule has 0 aliphatic carbocycles. The third-order valence-corrected chi connectivity index (χ3v) is 7.03. The van der Waals surface area contributed by atoms with Crippen molar-refractivity contribution in [3.8, 4) is 11.4 Å². The molecular formula is C18H16N6O2S3. The second-order valence-electron chi connectivity index (χ2n) is 5.83. The van der Waals surface area contributed by atoms with Crippen molar-refractivity contribution in [1.29, 1.82) is 0 Å². The van der Waals surface area contributed by atoms with E-state index in [0.29, 0.717) is 16.6 Å². The first kappa shape index (κ1) is 19.6. The molecule has 0 atom stereocenters. The molecule has 1 N–H and O–H groups in total. The summed E-state index contributed by atoms with van der Waals surface area (Å²) in [6.07, 6.45) is 0. The van der Waals surface area contributed by atoms with Gasteiger partial charge in [0.05, 0.1) is 18.5 Å². The summed E-state index contributed by atoms with van der Waals surface area (Å²) in [7, 11) is 1.60. The van der Waals surface area contributed by atoms with Crippen molar-refractivity contribution in [2.75, 3.05) is 12.4 Å². The zero-order valence-corrected chi connectivity index (χ0v) is 18.0. The number of ether oxygens (including phenoxy) is 1. The van der Waals surface area contributed by atoms with Crippen LogP contribution < -0.4 is 10.1 Å². The average molecular weight is 445 g/mol. The van der Waals surface area contributed by atoms with Crippen LogP contribution in [0.5, 0.6) is 5.75 Å². The Kier molecular flexibility index (Phi) is 5.88. The molecule has 148 valence electrons. The minimum Gasteiger partial charge on any atom is -0.497 e. The van der Waals surface area contributed by atoms with Crippen LogP contribution in [0.25, 0.3) is 5.69 Å². The molecule has 3 aromatic heterocycles. The summed E-state index contributed by atoms with van der Waals surface area (Å²) < 4.78 is 7.63. The van der Waals surface area contributed by atoms with E-state index in [-0.39, 0.29) is 11.6 Å². The molecule has 0 bridgehead atoms. The molecule has 0 aliphatic heterocycles. The molecule has 0 saturated heterocycles. The van der Waals surface area contributed by atoms with Crippen LogP contribution in [0, 0.1) is 6.92 Å². The zero-order valence-electron chi connectivity index (χ0n) is 15.5. The Morgan fingerprint density at radius 1 is 1.24 bits per heavy atom. The maximum absolute atomic E-state index is 12.6. The second-order valence-corrected chi connectivity index (χ2v) is 9.06. The number of aromatic nitrogens is 5. The lowest BCUT2D eigenvalue weighted by atomic mass is 10.2. The lowest BCUT2D eigenvalue weighted by Crippen LogP contribution is -2.14. The molecular weight excluding hydrogens is 428 g/mol. The number of benzene rings is 1. The molecule has 0 spiro atoms. The van der Waals surface area contributed by atoms with Crippen molar-refractivity contribution in [2.24, 2.45) is 0 Å². The highest BCUT2D eigenvalue weighted by Gasteiger charge is 2.19. The fraction of sp³-hybridized carbons (Fsp3) is 0.167. The highest BCUT2D eigenvalue weighted by atomic mass is 32.2. The van der Waals surface area contributed by atoms with E-state index < -0.39 is 0 Å². The molecule has 11 heteroatoms. The van der Waals surface area contributed by atoms with E-state index in [1.807, 2.05) is 35.7 Å². The van der Waals surface area contributed by atoms with Crippen LogP contribution in [0.15, 0.2) is 46.1 Å². The Hall–Kier alpha value is -2.76. The van der Waals surface area contributed by atoms with Gasteiger partial charge in [0.15, 0.2) is 10.0 Å². The highest BCUT2D eigenvalue weighted by Crippen LogP contribution is 2.29. The maximum Gasteiger partial charge on any atom is 0.279 e. The molecule has 8 nitrogen and oxygen atoms in total. The fourth-order valence-electron chi connectivity index (χ4n) is 2.53. The number of thiophene rings is 1. The Morgan fingerprint density at radius 3 is 2.93 bits per heavy atom. The van der Waals surface area contributed by atoms with Gasteiger partial charge in [-0.05, 0) is 30.5 Å². The van der Waals surface area contributed by atoms with Crippen molar-refractivity contribution in [3.63, 3.8) is 0 Å². The summed E-state index contributed by atoms with van der Waals surface area (Å²) in [6.45, 7) is 1.79. The van der Waals surface area contributed by atoms with E-state index in [1.165, 1.54) is 16.2 Å². The van der Waals surface area contributed by atoms with Crippen molar-refractivity contribution in [2.45, 2.75) is 17.0 Å². The molecule has 3 heterocycles. The van der Waals surface area contributed by atoms with E-state index in [1.54, 1.807) is 41.8 Å². The molecule has 1 amide bonds. The van der Waals surface area contributed by atoms with E-state index in [0.717, 1.165) is 15.8 Å². The van der Waals surface area contributed by atoms with Gasteiger partial charge in [0.1, 0.15) is 5.75 Å². The van der Waals surface area contributed by atoms with Gasteiger partial charge in [-0.25, -0.2) is 4.68 Å². The third-order valence-electron chi connectivity index (χ3n) is 3.95. The molecule has 0 saturated carbocycles. The first-order chi connectivity index (χ1) is 14.1. The molecule has 4 rings (SSSR count). The number of carbonyl (C=O) groups excluding carboxylic acids is 1. The standard InChI is InChI=1S/C18H16N6O2S3/c1-11-15(20-23-24(11)12-5-3-6-13(9-12)26-2)16(25)19-17-21-22-18(29-17)28-10-14-7-4-8-27-14/h3-9H,10H2,1-2H3,(H,19,21,25). The van der Waals surface area contributed by atoms with Crippen molar-refractivity contribution < 1.29 is 9.53 Å². The number of hydrogen-bond acceptors (Lipinski definition) is 9. The first-order valence-electron chi connectivity index (χ1n) is 8.51. The summed E-state index contributed by atoms with van der Waals surface area (Å²) in [5, 5.41) is 21.5. The third kappa shape index (κ3) is 4.47. The van der Waals surface area contributed by atoms with E-state index in [9.17, 15) is 4.79 Å². The summed E-state index contributed by atoms with van der Waals surface area (Å²) >= 11 is 4.63. The van der Waals surface area contributed by atoms with Gasteiger partial charge in [-0.3, -0.25) is 10.1 Å². The van der Waals surface area contributed by atoms with Crippen LogP contribution in [0.4, 0.5) is 5.13 Å². The number of nitrogens with one attached hydrogen (secondary N) is 1. The topological polar surface area (TPSA) is 94.8 Å². The molecule has 29 heavy (non-hydrogen) atoms. The van der Waals surface area contributed by atoms with Crippen molar-refractivity contribution in [1.82, 2.24) is 25.2 Å². The predicted octanol–water partition coefficient (Wildman–Crippen LogP) is 4.04. The molecule has 0 unspecified atom stereocenters. The minimum atomic E-state index is -0.373. The van der Waals surface area contributed by atoms with Crippen LogP contribution in [0.1, 0.15) is 21.1 Å². The Bertz CT molecular complexity index is 1120. The molecule has 0 aliphatic rings. The van der Waals surface area contributed by atoms with E-state index in [4.69, 9.17) is 4.74 Å². The number of carbonyl (C=O) groups is 1. The highest BCUT2D eigenvalue weighted by molar-refractivity contribution is 8.00. The Balaban J connectivity index is 1.44. The van der Waals surface area contributed by atoms with Crippen LogP contribution in [-0.4, -0.2) is 38.2 Å². The van der Waals surface area contributed by atoms with Gasteiger partial charge >= 0.3 is 0 Å². The molecule has 0 fully saturated rings. The predicted molar refractivity (Wildman–Crippen MR) is 114 cm³/mol. The van der Waals surface area contributed by atoms with Gasteiger partial charge in [-0.1, -0.05) is 40.4 Å². The van der Waals surface area contributed by atoms with Gasteiger partial charge in [-0.2, -0.15) is 0 Å². The van der Waals surface area contributed by atoms with Crippen LogP contribution in [0.3, 0.4) is 0 Å². The lowest BCUT2D eigenvalue weighted by molar-refractivity contribution is 0.102. The fourth-order valence-corrected chi connectivity index (χ4v) is 5.05. The van der Waals surface area contributed by atoms with E-state index >= 15 is 0 Å². The maximum atomic E-state index is 12.6. The van der Waals surface area contributed by atoms with Crippen LogP contribution in [-0.2, 0) is 5.75 Å². The zero-order chi connectivity index (χ0) is 20.2. The SMILES string of the molecule is COc1cccc(-n2nnc(C(=O)Nc3nnc(SCc4cccs4)s3)c2C)c1. The molecule has 1 aromatic carbocycles. The van der Waals surface area contributed by atoms with E-state index in [2.05, 4.69) is 31.9 Å². The number of hydrogen-bond donors (Lipinski definition) is 1. The molecule has 4 aromatic rings. The van der Waals surface area contributed by atoms with Gasteiger partial charge in [-0.15, -0.1) is 26.6 Å². The van der Waals surface area contributed by atoms with Crippen LogP contribution in [0.2, 0.25) is 0 Å². The van der Waals surface area contributed by atoms with Crippen molar-refractivity contribution in [3.05, 3.63) is 58.0 Å². The number of amides is 1. The van der Waals surface area contributed by atoms with Gasteiger partial charge in [0.2, 0.25) is 5.13 Å². The summed E-state index contributed by atoms with van der Waals surface area (Å²) in [5.74, 6) is 1.15. The van der Waals surface area contributed by atoms with Crippen molar-refractivity contribution >= 4 is 45.5 Å². The number of anilines is 1. The smallest absolute Gasteiger partial charge is 0.279 e. The normalized spacial score (nSPS) is 10.8. The monoisotopic (exact) mass is 444 g/mol. The molecule has 0 radical (unpaired) electrons. The van der Waals surface area contributed by atoms with Gasteiger partial charge in [0, 0.05) is 16.7 Å². The Morgan fingerprint density at radius 2 is 2.14 bits per heavy atom. The number of thioether (sulfide) groups is 1. The van der Waals surface area contributed by atoms with Gasteiger partial charge < -0.3 is 4.74 Å². The quantitative estimate of drug-likeness (QED) is 0.339. The summed E-state index contributed by atoms with van der Waals surface area (Å²) in [6, 6.07) is 11.5. The summed E-state index contributed by atoms with van der Waals surface area (Å²) in [5.41, 5.74) is 1.61.